The second-order valence-electron chi connectivity index (χ2n) is 32.3. The fourth-order valence-corrected chi connectivity index (χ4v) is 17.7. The molecule has 5 unspecified atom stereocenters. The molecule has 1 aromatic heterocycles. The normalized spacial score (nSPS) is 20.3. The second kappa shape index (κ2) is 48.2. The Morgan fingerprint density at radius 3 is 1.23 bits per heavy atom. The number of likely N-dealkylation sites (N-methyl/N-ethyl adjacent to an activating group) is 4. The van der Waals surface area contributed by atoms with Gasteiger partial charge in [0.05, 0.1) is 35.5 Å². The summed E-state index contributed by atoms with van der Waals surface area (Å²) in [6.07, 6.45) is 15.7. The van der Waals surface area contributed by atoms with Gasteiger partial charge >= 0.3 is 20.1 Å². The molecular formula is C88H129B2ClN18O15. The molecule has 5 fully saturated rings. The number of carbonyl (C=O) groups excluding carboxylic acids is 6. The lowest BCUT2D eigenvalue weighted by Crippen LogP contribution is -2.54. The van der Waals surface area contributed by atoms with Crippen LogP contribution in [-0.2, 0) is 96.4 Å². The third-order valence-electron chi connectivity index (χ3n) is 24.8. The van der Waals surface area contributed by atoms with Crippen molar-refractivity contribution in [3.8, 4) is 0 Å². The van der Waals surface area contributed by atoms with E-state index in [4.69, 9.17) is 35.2 Å². The van der Waals surface area contributed by atoms with Crippen molar-refractivity contribution < 1.29 is 72.9 Å². The lowest BCUT2D eigenvalue weighted by Gasteiger charge is -2.42. The Balaban J connectivity index is 0.000000176. The van der Waals surface area contributed by atoms with Gasteiger partial charge in [-0.05, 0) is 176 Å². The number of piperidine rings is 5. The van der Waals surface area contributed by atoms with Crippen LogP contribution in [0.5, 0.6) is 0 Å². The molecule has 5 atom stereocenters. The lowest BCUT2D eigenvalue weighted by atomic mass is 9.82. The molecule has 10 aliphatic rings. The van der Waals surface area contributed by atoms with Gasteiger partial charge in [-0.3, -0.25) is 53.0 Å². The van der Waals surface area contributed by atoms with E-state index in [0.717, 1.165) is 176 Å². The molecule has 10 aliphatic heterocycles. The number of rotatable bonds is 18. The lowest BCUT2D eigenvalue weighted by molar-refractivity contribution is -0.170. The standard InChI is InChI=1S/C27H37N7O3.C17H26BN3O3.C16H23N3O2.C11H14N2O2.C9H9NO2.C6H12BNO2.C2H7NO.ClH/c1-31(37-2)26(36)24-15-21-5-3-4-6-23(21)34(24)22-9-13-33(14-10-22)25(35)20-7-11-32(12-8-20)18-19-16-29-27(28)30-17-19;1-18(23)20-10-8-14(9-11-20)21-15-7-5-4-6-13(15)12-16(21)17(22)19(2)24-3;1-18(21-2)16(20)15-11-12-5-3-4-6-14(12)19(15)13-7-9-17-10-8-13;1-13(15-2)11(14)10-7-8-5-3-4-6-9(8)12-10;11-9(12)8-5-6-3-1-2-4-7(6)10-8;1-7(10)8-4-2-6(9)3-5-8;1-3-4-2;/h3-6,16-17,20,22,24H,7-15,18H2,1-2H3,(H2,28,29,30);4-7,14,16,23H,8-12H2,1-3H3;3-6,13,15,17H,7-11H2,1-2H3;3-6,10,12H,7H2,1-2H3;1-4,8,10H,5H2,(H,11,12);10H,2-5H2,1H3;3H,1-2H3;1H. The summed E-state index contributed by atoms with van der Waals surface area (Å²) < 4.78 is 0. The molecule has 0 aliphatic carbocycles. The van der Waals surface area contributed by atoms with Crippen molar-refractivity contribution in [3.63, 3.8) is 0 Å². The van der Waals surface area contributed by atoms with Gasteiger partial charge in [0.2, 0.25) is 11.9 Å². The SMILES string of the molecule is CB(O)N1CCC(=O)CC1.CNOC.CON(C)C(=O)C1Cc2ccccc2N1.CON(C)C(=O)C1Cc2ccccc2N1C1CCN(B(C)O)CC1.CON(C)C(=O)C1Cc2ccccc2N1C1CCN(C(=O)C2CCN(Cc3cnc(N)nc3)CC2)CC1.CON(C)C(=O)C1Cc2ccccc2N1C1CCNCC1.Cl.O=C(O)C1Cc2ccccc2N1. The van der Waals surface area contributed by atoms with Crippen molar-refractivity contribution in [2.75, 3.05) is 167 Å². The van der Waals surface area contributed by atoms with Crippen LogP contribution in [0.25, 0.3) is 0 Å². The number of halogens is 1. The highest BCUT2D eigenvalue weighted by Crippen LogP contribution is 2.41. The molecule has 36 heteroatoms. The van der Waals surface area contributed by atoms with E-state index in [0.29, 0.717) is 43.6 Å². The number of hydrogen-bond acceptors (Lipinski definition) is 27. The van der Waals surface area contributed by atoms with Crippen LogP contribution >= 0.6 is 12.4 Å². The average molecular weight is 1740 g/mol. The fraction of sp³-hybridized carbons (Fsp3) is 0.534. The number of carbonyl (C=O) groups is 7. The van der Waals surface area contributed by atoms with Crippen LogP contribution in [0.4, 0.5) is 34.4 Å². The molecule has 674 valence electrons. The van der Waals surface area contributed by atoms with Crippen LogP contribution in [0.15, 0.2) is 134 Å². The fourth-order valence-electron chi connectivity index (χ4n) is 17.7. The van der Waals surface area contributed by atoms with Crippen LogP contribution in [0.1, 0.15) is 97.6 Å². The number of para-hydroxylation sites is 5. The first-order chi connectivity index (χ1) is 59.3. The van der Waals surface area contributed by atoms with Crippen molar-refractivity contribution in [2.24, 2.45) is 5.92 Å². The number of ketones is 1. The summed E-state index contributed by atoms with van der Waals surface area (Å²) in [5, 5.41) is 42.3. The predicted molar refractivity (Wildman–Crippen MR) is 482 cm³/mol. The number of aliphatic carboxylic acids is 1. The molecule has 0 saturated carbocycles. The first-order valence-electron chi connectivity index (χ1n) is 42.9. The molecule has 33 nitrogen and oxygen atoms in total. The Labute approximate surface area is 737 Å². The maximum Gasteiger partial charge on any atom is 0.376 e. The van der Waals surface area contributed by atoms with Gasteiger partial charge in [0, 0.05) is 170 Å². The molecule has 16 rings (SSSR count). The van der Waals surface area contributed by atoms with E-state index >= 15 is 0 Å². The van der Waals surface area contributed by atoms with Crippen molar-refractivity contribution in [3.05, 3.63) is 167 Å². The van der Waals surface area contributed by atoms with Crippen molar-refractivity contribution in [2.45, 2.75) is 165 Å². The highest BCUT2D eigenvalue weighted by molar-refractivity contribution is 6.45. The van der Waals surface area contributed by atoms with E-state index in [1.807, 2.05) is 95.4 Å². The zero-order chi connectivity index (χ0) is 88.4. The van der Waals surface area contributed by atoms with E-state index in [2.05, 4.69) is 103 Å². The number of hydroxylamine groups is 9. The van der Waals surface area contributed by atoms with Crippen LogP contribution in [0.2, 0.25) is 13.6 Å². The highest BCUT2D eigenvalue weighted by Gasteiger charge is 2.45. The van der Waals surface area contributed by atoms with Gasteiger partial charge in [-0.25, -0.2) is 40.5 Å². The number of amides is 5. The summed E-state index contributed by atoms with van der Waals surface area (Å²) in [6.45, 7) is 12.7. The first-order valence-corrected chi connectivity index (χ1v) is 42.9. The number of benzene rings is 5. The smallest absolute Gasteiger partial charge is 0.376 e. The number of aromatic nitrogens is 2. The molecular weight excluding hydrogens is 1610 g/mol. The van der Waals surface area contributed by atoms with Gasteiger partial charge in [0.25, 0.3) is 23.6 Å². The van der Waals surface area contributed by atoms with E-state index in [1.165, 1.54) is 76.6 Å². The Bertz CT molecular complexity index is 4350. The number of Topliss-reactive ketones (excluding diaryl/α,β-unsaturated/α-hetero) is 1. The summed E-state index contributed by atoms with van der Waals surface area (Å²) >= 11 is 0. The van der Waals surface area contributed by atoms with Gasteiger partial charge in [-0.2, -0.15) is 0 Å². The number of likely N-dealkylation sites (tertiary alicyclic amines) is 2. The maximum absolute atomic E-state index is 13.4. The van der Waals surface area contributed by atoms with Gasteiger partial charge in [0.15, 0.2) is 0 Å². The van der Waals surface area contributed by atoms with E-state index in [9.17, 15) is 38.6 Å². The predicted octanol–water partition coefficient (Wildman–Crippen LogP) is 6.02. The summed E-state index contributed by atoms with van der Waals surface area (Å²) in [4.78, 5) is 133. The second-order valence-corrected chi connectivity index (χ2v) is 32.3. The van der Waals surface area contributed by atoms with Gasteiger partial charge in [-0.1, -0.05) is 91.0 Å². The Hall–Kier alpha value is -9.59. The summed E-state index contributed by atoms with van der Waals surface area (Å²) in [7, 11) is 15.2. The Morgan fingerprint density at radius 1 is 0.492 bits per heavy atom. The van der Waals surface area contributed by atoms with Crippen LogP contribution < -0.4 is 41.9 Å². The highest BCUT2D eigenvalue weighted by atomic mass is 35.5. The molecule has 0 spiro atoms. The summed E-state index contributed by atoms with van der Waals surface area (Å²) in [6, 6.07) is 40.2. The van der Waals surface area contributed by atoms with Crippen molar-refractivity contribution in [1.82, 2.24) is 60.4 Å². The minimum atomic E-state index is -0.786. The largest absolute Gasteiger partial charge is 0.480 e. The number of nitrogens with zero attached hydrogens (tertiary/aromatic N) is 13. The topological polar surface area (TPSA) is 362 Å². The number of fused-ring (bicyclic) bond motifs is 5. The Kier molecular flexibility index (Phi) is 38.2. The molecule has 124 heavy (non-hydrogen) atoms. The van der Waals surface area contributed by atoms with Crippen LogP contribution in [0.3, 0.4) is 0 Å². The molecule has 5 aromatic carbocycles. The number of carboxylic acids is 1. The number of nitrogens with one attached hydrogen (secondary N) is 4. The third-order valence-corrected chi connectivity index (χ3v) is 24.8. The number of hydrogen-bond donors (Lipinski definition) is 8. The van der Waals surface area contributed by atoms with E-state index < -0.39 is 26.1 Å². The first kappa shape index (κ1) is 98.2. The van der Waals surface area contributed by atoms with Gasteiger partial charge in [-0.15, -0.1) is 12.4 Å². The monoisotopic (exact) mass is 1730 g/mol. The van der Waals surface area contributed by atoms with Crippen molar-refractivity contribution >= 4 is 102 Å². The van der Waals surface area contributed by atoms with Gasteiger partial charge < -0.3 is 70.9 Å². The van der Waals surface area contributed by atoms with Crippen LogP contribution in [0, 0.1) is 5.92 Å². The molecule has 11 heterocycles. The van der Waals surface area contributed by atoms with Gasteiger partial charge in [0.1, 0.15) is 36.0 Å². The Morgan fingerprint density at radius 2 is 0.847 bits per heavy atom. The molecule has 0 radical (unpaired) electrons. The molecule has 5 saturated heterocycles. The molecule has 9 N–H and O–H groups in total. The quantitative estimate of drug-likeness (QED) is 0.0360. The minimum Gasteiger partial charge on any atom is -0.480 e. The number of nitrogen functional groups attached to an aromatic ring is 1. The number of carboxylic acid groups (broad SMARTS) is 1. The maximum atomic E-state index is 13.4. The van der Waals surface area contributed by atoms with E-state index in [1.54, 1.807) is 61.6 Å². The minimum absolute atomic E-state index is 0. The average Bonchev–Trinajstić information content (AvgIpc) is 1.62. The summed E-state index contributed by atoms with van der Waals surface area (Å²) in [5.41, 5.74) is 20.5. The van der Waals surface area contributed by atoms with E-state index in [-0.39, 0.29) is 84.0 Å². The zero-order valence-electron chi connectivity index (χ0n) is 74.0. The summed E-state index contributed by atoms with van der Waals surface area (Å²) in [5.74, 6) is 0.121. The zero-order valence-corrected chi connectivity index (χ0v) is 74.8. The number of anilines is 6. The van der Waals surface area contributed by atoms with Crippen molar-refractivity contribution in [1.29, 1.82) is 0 Å². The number of nitrogens with two attached hydrogens (primary N) is 1. The molecule has 5 amide bonds. The molecule has 6 aromatic rings. The molecule has 0 bridgehead atoms. The van der Waals surface area contributed by atoms with Crippen LogP contribution in [-0.4, -0.2) is 305 Å². The third kappa shape index (κ3) is 25.8.